The molecule has 0 atom stereocenters. The molecule has 6 aromatic rings. The fourth-order valence-electron chi connectivity index (χ4n) is 5.17. The molecule has 9 heteroatoms. The monoisotopic (exact) mass is 557 g/mol. The average Bonchev–Trinajstić information content (AvgIpc) is 3.29. The van der Waals surface area contributed by atoms with Gasteiger partial charge in [0.15, 0.2) is 0 Å². The van der Waals surface area contributed by atoms with E-state index in [9.17, 15) is 31.6 Å². The number of pyridine rings is 1. The molecular formula is C32H17F6N3. The molecule has 0 N–H and O–H groups in total. The van der Waals surface area contributed by atoms with Crippen molar-refractivity contribution < 1.29 is 26.3 Å². The molecule has 0 bridgehead atoms. The van der Waals surface area contributed by atoms with Crippen LogP contribution in [0.3, 0.4) is 0 Å². The highest BCUT2D eigenvalue weighted by atomic mass is 19.4. The molecule has 0 aliphatic carbocycles. The van der Waals surface area contributed by atoms with Crippen LogP contribution in [0.25, 0.3) is 49.7 Å². The Kier molecular flexibility index (Phi) is 6.07. The van der Waals surface area contributed by atoms with Crippen LogP contribution in [0.2, 0.25) is 0 Å². The second-order valence-corrected chi connectivity index (χ2v) is 9.42. The summed E-state index contributed by atoms with van der Waals surface area (Å²) in [6, 6.07) is 24.8. The van der Waals surface area contributed by atoms with Gasteiger partial charge in [-0.1, -0.05) is 42.5 Å². The van der Waals surface area contributed by atoms with Crippen LogP contribution in [-0.4, -0.2) is 9.55 Å². The second kappa shape index (κ2) is 9.52. The van der Waals surface area contributed by atoms with Crippen LogP contribution in [0, 0.1) is 11.3 Å². The Labute approximate surface area is 229 Å². The number of aromatic nitrogens is 2. The van der Waals surface area contributed by atoms with Gasteiger partial charge in [0.1, 0.15) is 0 Å². The Hall–Kier alpha value is -5.10. The molecular weight excluding hydrogens is 540 g/mol. The number of alkyl halides is 6. The molecule has 0 amide bonds. The van der Waals surface area contributed by atoms with E-state index in [1.54, 1.807) is 42.7 Å². The Bertz CT molecular complexity index is 1980. The second-order valence-electron chi connectivity index (χ2n) is 9.42. The first kappa shape index (κ1) is 26.1. The highest BCUT2D eigenvalue weighted by Gasteiger charge is 2.38. The van der Waals surface area contributed by atoms with E-state index in [0.29, 0.717) is 28.4 Å². The van der Waals surface area contributed by atoms with Crippen LogP contribution in [-0.2, 0) is 12.4 Å². The maximum Gasteiger partial charge on any atom is 0.417 e. The molecule has 2 heterocycles. The van der Waals surface area contributed by atoms with Crippen molar-refractivity contribution in [3.05, 3.63) is 120 Å². The van der Waals surface area contributed by atoms with Gasteiger partial charge >= 0.3 is 12.4 Å². The number of hydrogen-bond acceptors (Lipinski definition) is 2. The molecule has 0 fully saturated rings. The Balaban J connectivity index is 1.60. The molecule has 2 aromatic heterocycles. The number of nitrogens with zero attached hydrogens (tertiary/aromatic N) is 3. The van der Waals surface area contributed by atoms with Crippen LogP contribution >= 0.6 is 0 Å². The standard InChI is InChI=1S/C32H17F6N3/c33-31(34,35)22-6-9-25(28(17-22)32(36,37)38)20-5-8-27-26-3-1-2-4-29(26)41(30(27)16-20)23-7-10-24(21(15-23)18-39)19-11-13-40-14-12-19/h1-17H. The van der Waals surface area contributed by atoms with Gasteiger partial charge in [0, 0.05) is 28.9 Å². The molecule has 0 aliphatic rings. The molecule has 0 aliphatic heterocycles. The van der Waals surface area contributed by atoms with Gasteiger partial charge in [-0.15, -0.1) is 0 Å². The molecule has 3 nitrogen and oxygen atoms in total. The lowest BCUT2D eigenvalue weighted by Crippen LogP contribution is -2.12. The van der Waals surface area contributed by atoms with E-state index in [-0.39, 0.29) is 17.2 Å². The van der Waals surface area contributed by atoms with E-state index in [4.69, 9.17) is 0 Å². The minimum atomic E-state index is -5.01. The Morgan fingerprint density at radius 2 is 1.34 bits per heavy atom. The molecule has 0 spiro atoms. The third-order valence-corrected chi connectivity index (χ3v) is 7.01. The predicted octanol–water partition coefficient (Wildman–Crippen LogP) is 9.42. The number of para-hydroxylation sites is 1. The summed E-state index contributed by atoms with van der Waals surface area (Å²) in [5.41, 5.74) is 0.774. The van der Waals surface area contributed by atoms with Gasteiger partial charge in [-0.3, -0.25) is 4.98 Å². The van der Waals surface area contributed by atoms with Crippen LogP contribution in [0.5, 0.6) is 0 Å². The summed E-state index contributed by atoms with van der Waals surface area (Å²) in [5, 5.41) is 11.5. The number of hydrogen-bond donors (Lipinski definition) is 0. The maximum absolute atomic E-state index is 14.0. The average molecular weight is 557 g/mol. The summed E-state index contributed by atoms with van der Waals surface area (Å²) in [7, 11) is 0. The molecule has 202 valence electrons. The van der Waals surface area contributed by atoms with Crippen molar-refractivity contribution in [3.63, 3.8) is 0 Å². The van der Waals surface area contributed by atoms with Gasteiger partial charge in [0.2, 0.25) is 0 Å². The zero-order valence-electron chi connectivity index (χ0n) is 20.9. The van der Waals surface area contributed by atoms with Gasteiger partial charge < -0.3 is 4.57 Å². The molecule has 41 heavy (non-hydrogen) atoms. The quantitative estimate of drug-likeness (QED) is 0.204. The maximum atomic E-state index is 14.0. The smallest absolute Gasteiger partial charge is 0.309 e. The fraction of sp³-hybridized carbons (Fsp3) is 0.0625. The van der Waals surface area contributed by atoms with Crippen molar-refractivity contribution in [1.29, 1.82) is 5.26 Å². The summed E-state index contributed by atoms with van der Waals surface area (Å²) in [6.45, 7) is 0. The van der Waals surface area contributed by atoms with Gasteiger partial charge in [-0.2, -0.15) is 31.6 Å². The SMILES string of the molecule is N#Cc1cc(-n2c3ccccc3c3ccc(-c4ccc(C(F)(F)F)cc4C(F)(F)F)cc32)ccc1-c1ccncc1. The number of benzene rings is 4. The van der Waals surface area contributed by atoms with Gasteiger partial charge in [0.05, 0.1) is 33.8 Å². The van der Waals surface area contributed by atoms with Crippen molar-refractivity contribution in [1.82, 2.24) is 9.55 Å². The summed E-state index contributed by atoms with van der Waals surface area (Å²) < 4.78 is 83.6. The molecule has 4 aromatic carbocycles. The zero-order valence-corrected chi connectivity index (χ0v) is 20.9. The molecule has 0 saturated heterocycles. The summed E-state index contributed by atoms with van der Waals surface area (Å²) in [4.78, 5) is 4.01. The minimum absolute atomic E-state index is 0.108. The third kappa shape index (κ3) is 4.57. The summed E-state index contributed by atoms with van der Waals surface area (Å²) in [6.07, 6.45) is -6.69. The van der Waals surface area contributed by atoms with Crippen molar-refractivity contribution >= 4 is 21.8 Å². The largest absolute Gasteiger partial charge is 0.417 e. The minimum Gasteiger partial charge on any atom is -0.309 e. The highest BCUT2D eigenvalue weighted by Crippen LogP contribution is 2.42. The van der Waals surface area contributed by atoms with Crippen LogP contribution < -0.4 is 0 Å². The van der Waals surface area contributed by atoms with E-state index in [1.165, 1.54) is 12.1 Å². The first-order valence-electron chi connectivity index (χ1n) is 12.3. The molecule has 0 unspecified atom stereocenters. The third-order valence-electron chi connectivity index (χ3n) is 7.01. The molecule has 0 saturated carbocycles. The van der Waals surface area contributed by atoms with E-state index in [2.05, 4.69) is 11.1 Å². The highest BCUT2D eigenvalue weighted by molar-refractivity contribution is 6.10. The number of rotatable bonds is 3. The normalized spacial score (nSPS) is 12.1. The Morgan fingerprint density at radius 3 is 2.05 bits per heavy atom. The van der Waals surface area contributed by atoms with Gasteiger partial charge in [-0.25, -0.2) is 0 Å². The molecule has 0 radical (unpaired) electrons. The van der Waals surface area contributed by atoms with E-state index in [1.807, 2.05) is 34.9 Å². The number of fused-ring (bicyclic) bond motifs is 3. The van der Waals surface area contributed by atoms with Crippen LogP contribution in [0.4, 0.5) is 26.3 Å². The van der Waals surface area contributed by atoms with E-state index in [0.717, 1.165) is 27.9 Å². The van der Waals surface area contributed by atoms with Crippen LogP contribution in [0.15, 0.2) is 103 Å². The lowest BCUT2D eigenvalue weighted by Gasteiger charge is -2.17. The van der Waals surface area contributed by atoms with E-state index >= 15 is 0 Å². The number of halogens is 6. The summed E-state index contributed by atoms with van der Waals surface area (Å²) in [5.74, 6) is 0. The first-order chi connectivity index (χ1) is 19.6. The van der Waals surface area contributed by atoms with Crippen molar-refractivity contribution in [3.8, 4) is 34.0 Å². The van der Waals surface area contributed by atoms with Crippen molar-refractivity contribution in [2.45, 2.75) is 12.4 Å². The van der Waals surface area contributed by atoms with Gasteiger partial charge in [0.25, 0.3) is 0 Å². The first-order valence-corrected chi connectivity index (χ1v) is 12.3. The fourth-order valence-corrected chi connectivity index (χ4v) is 5.17. The predicted molar refractivity (Wildman–Crippen MR) is 144 cm³/mol. The summed E-state index contributed by atoms with van der Waals surface area (Å²) >= 11 is 0. The van der Waals surface area contributed by atoms with Crippen molar-refractivity contribution in [2.24, 2.45) is 0 Å². The topological polar surface area (TPSA) is 41.6 Å². The lowest BCUT2D eigenvalue weighted by molar-refractivity contribution is -0.142. The van der Waals surface area contributed by atoms with Gasteiger partial charge in [-0.05, 0) is 70.8 Å². The van der Waals surface area contributed by atoms with Crippen LogP contribution in [0.1, 0.15) is 16.7 Å². The number of nitriles is 1. The zero-order chi connectivity index (χ0) is 28.9. The lowest BCUT2D eigenvalue weighted by atomic mass is 9.96. The van der Waals surface area contributed by atoms with E-state index < -0.39 is 23.5 Å². The van der Waals surface area contributed by atoms with Crippen molar-refractivity contribution in [2.75, 3.05) is 0 Å². The Morgan fingerprint density at radius 1 is 0.634 bits per heavy atom. The molecule has 6 rings (SSSR count).